The van der Waals surface area contributed by atoms with E-state index < -0.39 is 0 Å². The van der Waals surface area contributed by atoms with Crippen molar-refractivity contribution < 1.29 is 0 Å². The van der Waals surface area contributed by atoms with Gasteiger partial charge in [-0.05, 0) is 39.0 Å². The highest BCUT2D eigenvalue weighted by atomic mass is 32.2. The molecule has 6 heteroatoms. The molecule has 0 bridgehead atoms. The van der Waals surface area contributed by atoms with Crippen LogP contribution in [0.3, 0.4) is 0 Å². The molecule has 3 rings (SSSR count). The molecule has 0 amide bonds. The van der Waals surface area contributed by atoms with Crippen LogP contribution in [0.1, 0.15) is 37.9 Å². The number of hydrogen-bond donors (Lipinski definition) is 1. The molecule has 2 aliphatic rings. The molecule has 0 spiro atoms. The highest BCUT2D eigenvalue weighted by molar-refractivity contribution is 7.99. The average molecular weight is 277 g/mol. The maximum atomic E-state index is 9.48. The molecule has 0 aromatic carbocycles. The number of rotatable bonds is 4. The zero-order chi connectivity index (χ0) is 13.5. The molecule has 0 saturated heterocycles. The Bertz CT molecular complexity index is 516. The first-order valence-electron chi connectivity index (χ1n) is 6.83. The fraction of sp³-hybridized carbons (Fsp3) is 0.769. The second kappa shape index (κ2) is 4.80. The van der Waals surface area contributed by atoms with Gasteiger partial charge in [0, 0.05) is 18.3 Å². The third kappa shape index (κ3) is 2.63. The van der Waals surface area contributed by atoms with E-state index in [1.54, 1.807) is 11.8 Å². The maximum absolute atomic E-state index is 9.48. The van der Waals surface area contributed by atoms with Crippen LogP contribution in [0, 0.1) is 18.3 Å². The maximum Gasteiger partial charge on any atom is 0.191 e. The lowest BCUT2D eigenvalue weighted by molar-refractivity contribution is 0.420. The zero-order valence-corrected chi connectivity index (χ0v) is 12.2. The summed E-state index contributed by atoms with van der Waals surface area (Å²) in [6.07, 6.45) is 5.39. The summed E-state index contributed by atoms with van der Waals surface area (Å²) in [5, 5.41) is 22.7. The molecule has 5 nitrogen and oxygen atoms in total. The molecule has 0 aliphatic heterocycles. The van der Waals surface area contributed by atoms with Gasteiger partial charge in [-0.25, -0.2) is 0 Å². The molecular formula is C13H19N5S. The summed E-state index contributed by atoms with van der Waals surface area (Å²) in [7, 11) is 1.99. The molecule has 1 N–H and O–H groups in total. The van der Waals surface area contributed by atoms with Crippen LogP contribution in [-0.2, 0) is 7.05 Å². The van der Waals surface area contributed by atoms with Crippen molar-refractivity contribution in [3.63, 3.8) is 0 Å². The van der Waals surface area contributed by atoms with Crippen molar-refractivity contribution in [1.82, 2.24) is 20.1 Å². The molecule has 1 heterocycles. The van der Waals surface area contributed by atoms with Crippen LogP contribution in [0.15, 0.2) is 5.16 Å². The zero-order valence-electron chi connectivity index (χ0n) is 11.4. The van der Waals surface area contributed by atoms with E-state index in [2.05, 4.69) is 21.6 Å². The van der Waals surface area contributed by atoms with Crippen LogP contribution in [0.5, 0.6) is 0 Å². The van der Waals surface area contributed by atoms with Gasteiger partial charge in [-0.2, -0.15) is 5.26 Å². The van der Waals surface area contributed by atoms with Gasteiger partial charge in [0.05, 0.1) is 6.07 Å². The molecule has 102 valence electrons. The van der Waals surface area contributed by atoms with E-state index >= 15 is 0 Å². The molecule has 2 saturated carbocycles. The minimum Gasteiger partial charge on any atom is -0.309 e. The van der Waals surface area contributed by atoms with Gasteiger partial charge in [-0.3, -0.25) is 5.32 Å². The lowest BCUT2D eigenvalue weighted by Crippen LogP contribution is -2.43. The SMILES string of the molecule is Cc1nnc(SC2CCC(C#N)(NC3CC3)C2)n1C. The van der Waals surface area contributed by atoms with E-state index in [9.17, 15) is 5.26 Å². The fourth-order valence-electron chi connectivity index (χ4n) is 2.62. The summed E-state index contributed by atoms with van der Waals surface area (Å²) in [6, 6.07) is 3.10. The molecule has 2 unspecified atom stereocenters. The molecular weight excluding hydrogens is 258 g/mol. The number of thioether (sulfide) groups is 1. The van der Waals surface area contributed by atoms with Crippen LogP contribution in [0.25, 0.3) is 0 Å². The Balaban J connectivity index is 1.65. The normalized spacial score (nSPS) is 30.5. The van der Waals surface area contributed by atoms with Crippen LogP contribution < -0.4 is 5.32 Å². The molecule has 1 aromatic rings. The van der Waals surface area contributed by atoms with Crippen LogP contribution in [0.2, 0.25) is 0 Å². The van der Waals surface area contributed by atoms with Crippen molar-refractivity contribution in [1.29, 1.82) is 5.26 Å². The number of aromatic nitrogens is 3. The van der Waals surface area contributed by atoms with Gasteiger partial charge >= 0.3 is 0 Å². The number of aryl methyl sites for hydroxylation is 1. The van der Waals surface area contributed by atoms with Crippen LogP contribution in [0.4, 0.5) is 0 Å². The van der Waals surface area contributed by atoms with E-state index in [1.807, 2.05) is 18.5 Å². The predicted octanol–water partition coefficient (Wildman–Crippen LogP) is 1.78. The summed E-state index contributed by atoms with van der Waals surface area (Å²) in [6.45, 7) is 1.96. The Kier molecular flexibility index (Phi) is 3.27. The first-order valence-corrected chi connectivity index (χ1v) is 7.71. The summed E-state index contributed by atoms with van der Waals surface area (Å²) < 4.78 is 2.02. The second-order valence-electron chi connectivity index (χ2n) is 5.68. The van der Waals surface area contributed by atoms with E-state index in [-0.39, 0.29) is 5.54 Å². The van der Waals surface area contributed by atoms with E-state index in [0.29, 0.717) is 11.3 Å². The molecule has 0 radical (unpaired) electrons. The first kappa shape index (κ1) is 12.9. The molecule has 19 heavy (non-hydrogen) atoms. The monoisotopic (exact) mass is 277 g/mol. The van der Waals surface area contributed by atoms with E-state index in [1.165, 1.54) is 12.8 Å². The Labute approximate surface area is 117 Å². The van der Waals surface area contributed by atoms with Gasteiger partial charge in [0.2, 0.25) is 0 Å². The summed E-state index contributed by atoms with van der Waals surface area (Å²) in [4.78, 5) is 0. The third-order valence-electron chi connectivity index (χ3n) is 4.07. The fourth-order valence-corrected chi connectivity index (χ4v) is 3.90. The van der Waals surface area contributed by atoms with Gasteiger partial charge in [-0.15, -0.1) is 10.2 Å². The lowest BCUT2D eigenvalue weighted by atomic mass is 10.00. The van der Waals surface area contributed by atoms with Crippen LogP contribution in [-0.4, -0.2) is 31.6 Å². The molecule has 1 aromatic heterocycles. The minimum atomic E-state index is -0.299. The van der Waals surface area contributed by atoms with Gasteiger partial charge in [0.25, 0.3) is 0 Å². The summed E-state index contributed by atoms with van der Waals surface area (Å²) >= 11 is 1.76. The smallest absolute Gasteiger partial charge is 0.191 e. The van der Waals surface area contributed by atoms with Gasteiger partial charge in [-0.1, -0.05) is 11.8 Å². The van der Waals surface area contributed by atoms with Crippen molar-refractivity contribution in [2.45, 2.75) is 61.0 Å². The number of hydrogen-bond acceptors (Lipinski definition) is 5. The lowest BCUT2D eigenvalue weighted by Gasteiger charge is -2.22. The first-order chi connectivity index (χ1) is 9.12. The van der Waals surface area contributed by atoms with Crippen molar-refractivity contribution >= 4 is 11.8 Å². The van der Waals surface area contributed by atoms with Crippen molar-refractivity contribution in [2.75, 3.05) is 0 Å². The predicted molar refractivity (Wildman–Crippen MR) is 73.7 cm³/mol. The summed E-state index contributed by atoms with van der Waals surface area (Å²) in [5.74, 6) is 0.933. The highest BCUT2D eigenvalue weighted by Gasteiger charge is 2.43. The standard InChI is InChI=1S/C13H19N5S/c1-9-16-17-12(18(9)2)19-11-5-6-13(7-11,8-14)15-10-3-4-10/h10-11,15H,3-7H2,1-2H3. The summed E-state index contributed by atoms with van der Waals surface area (Å²) in [5.41, 5.74) is -0.299. The minimum absolute atomic E-state index is 0.299. The average Bonchev–Trinajstić information content (AvgIpc) is 3.05. The molecule has 2 aliphatic carbocycles. The van der Waals surface area contributed by atoms with E-state index in [4.69, 9.17) is 0 Å². The van der Waals surface area contributed by atoms with Gasteiger partial charge < -0.3 is 4.57 Å². The highest BCUT2D eigenvalue weighted by Crippen LogP contribution is 2.41. The van der Waals surface area contributed by atoms with Gasteiger partial charge in [0.1, 0.15) is 11.4 Å². The van der Waals surface area contributed by atoms with Crippen molar-refractivity contribution in [3.05, 3.63) is 5.82 Å². The Morgan fingerprint density at radius 1 is 1.42 bits per heavy atom. The van der Waals surface area contributed by atoms with Crippen LogP contribution >= 0.6 is 11.8 Å². The molecule has 2 fully saturated rings. The number of nitrogens with one attached hydrogen (secondary N) is 1. The second-order valence-corrected chi connectivity index (χ2v) is 6.95. The van der Waals surface area contributed by atoms with Gasteiger partial charge in [0.15, 0.2) is 5.16 Å². The Hall–Kier alpha value is -1.06. The Morgan fingerprint density at radius 2 is 2.21 bits per heavy atom. The quantitative estimate of drug-likeness (QED) is 0.908. The third-order valence-corrected chi connectivity index (χ3v) is 5.37. The molecule has 2 atom stereocenters. The van der Waals surface area contributed by atoms with Crippen molar-refractivity contribution in [3.8, 4) is 6.07 Å². The van der Waals surface area contributed by atoms with E-state index in [0.717, 1.165) is 30.2 Å². The topological polar surface area (TPSA) is 66.5 Å². The Morgan fingerprint density at radius 3 is 2.79 bits per heavy atom. The largest absolute Gasteiger partial charge is 0.309 e. The van der Waals surface area contributed by atoms with Crippen molar-refractivity contribution in [2.24, 2.45) is 7.05 Å². The number of nitrogens with zero attached hydrogens (tertiary/aromatic N) is 4. The number of nitriles is 1.